The van der Waals surface area contributed by atoms with Gasteiger partial charge in [-0.05, 0) is 56.0 Å². The Bertz CT molecular complexity index is 1350. The van der Waals surface area contributed by atoms with Gasteiger partial charge in [-0.3, -0.25) is 4.79 Å². The SMILES string of the molecule is COc1cccc(/C=N/NC(=O)CN(CCc2ccccc2)S(=O)(=O)c2c(C)cc(C)cc2C)c1OC. The van der Waals surface area contributed by atoms with E-state index in [0.717, 1.165) is 11.1 Å². The van der Waals surface area contributed by atoms with Crippen LogP contribution in [0.2, 0.25) is 0 Å². The van der Waals surface area contributed by atoms with Crippen molar-refractivity contribution in [3.8, 4) is 11.5 Å². The Kier molecular flexibility index (Phi) is 9.43. The minimum atomic E-state index is -3.96. The Labute approximate surface area is 219 Å². The number of carbonyl (C=O) groups excluding carboxylic acids is 1. The summed E-state index contributed by atoms with van der Waals surface area (Å²) in [6, 6.07) is 18.5. The molecule has 0 saturated carbocycles. The van der Waals surface area contributed by atoms with Crippen molar-refractivity contribution in [2.45, 2.75) is 32.1 Å². The Morgan fingerprint density at radius 2 is 1.65 bits per heavy atom. The Morgan fingerprint density at radius 3 is 2.27 bits per heavy atom. The molecule has 3 rings (SSSR count). The molecule has 9 heteroatoms. The predicted molar refractivity (Wildman–Crippen MR) is 145 cm³/mol. The second-order valence-corrected chi connectivity index (χ2v) is 10.6. The smallest absolute Gasteiger partial charge is 0.255 e. The predicted octanol–water partition coefficient (Wildman–Crippen LogP) is 4.01. The lowest BCUT2D eigenvalue weighted by molar-refractivity contribution is -0.121. The maximum Gasteiger partial charge on any atom is 0.255 e. The van der Waals surface area contributed by atoms with Gasteiger partial charge in [-0.15, -0.1) is 0 Å². The molecule has 3 aromatic rings. The highest BCUT2D eigenvalue weighted by Gasteiger charge is 2.29. The van der Waals surface area contributed by atoms with Gasteiger partial charge in [0.1, 0.15) is 0 Å². The standard InChI is InChI=1S/C28H33N3O5S/c1-20-16-21(2)28(22(3)17-20)37(33,34)31(15-14-23-10-7-6-8-11-23)19-26(32)30-29-18-24-12-9-13-25(35-4)27(24)36-5/h6-13,16-18H,14-15,19H2,1-5H3,(H,30,32)/b29-18+. The van der Waals surface area contributed by atoms with Crippen LogP contribution in [0.15, 0.2) is 70.7 Å². The van der Waals surface area contributed by atoms with Crippen molar-refractivity contribution in [3.05, 3.63) is 88.5 Å². The molecule has 0 atom stereocenters. The summed E-state index contributed by atoms with van der Waals surface area (Å²) in [6.07, 6.45) is 1.89. The van der Waals surface area contributed by atoms with Crippen LogP contribution in [0.3, 0.4) is 0 Å². The summed E-state index contributed by atoms with van der Waals surface area (Å²) >= 11 is 0. The monoisotopic (exact) mass is 523 g/mol. The first-order valence-electron chi connectivity index (χ1n) is 11.8. The van der Waals surface area contributed by atoms with Crippen molar-refractivity contribution in [1.82, 2.24) is 9.73 Å². The number of aryl methyl sites for hydroxylation is 3. The van der Waals surface area contributed by atoms with Crippen LogP contribution < -0.4 is 14.9 Å². The zero-order valence-corrected chi connectivity index (χ0v) is 22.6. The molecule has 0 saturated heterocycles. The van der Waals surface area contributed by atoms with E-state index in [-0.39, 0.29) is 18.0 Å². The summed E-state index contributed by atoms with van der Waals surface area (Å²) in [4.78, 5) is 13.1. The average molecular weight is 524 g/mol. The van der Waals surface area contributed by atoms with Crippen LogP contribution in [0.4, 0.5) is 0 Å². The van der Waals surface area contributed by atoms with Gasteiger partial charge in [-0.25, -0.2) is 13.8 Å². The second kappa shape index (κ2) is 12.5. The highest BCUT2D eigenvalue weighted by Crippen LogP contribution is 2.29. The topological polar surface area (TPSA) is 97.3 Å². The van der Waals surface area contributed by atoms with Crippen LogP contribution in [0.1, 0.15) is 27.8 Å². The maximum absolute atomic E-state index is 13.8. The summed E-state index contributed by atoms with van der Waals surface area (Å²) in [5.41, 5.74) is 6.28. The molecule has 0 spiro atoms. The lowest BCUT2D eigenvalue weighted by Crippen LogP contribution is -2.41. The van der Waals surface area contributed by atoms with Gasteiger partial charge in [0.15, 0.2) is 11.5 Å². The fraction of sp³-hybridized carbons (Fsp3) is 0.286. The summed E-state index contributed by atoms with van der Waals surface area (Å²) in [7, 11) is -0.915. The molecule has 0 fully saturated rings. The number of amides is 1. The molecule has 0 unspecified atom stereocenters. The number of para-hydroxylation sites is 1. The molecule has 1 amide bonds. The number of sulfonamides is 1. The van der Waals surface area contributed by atoms with Gasteiger partial charge in [0.2, 0.25) is 10.0 Å². The van der Waals surface area contributed by atoms with Gasteiger partial charge in [-0.2, -0.15) is 9.41 Å². The molecule has 0 heterocycles. The van der Waals surface area contributed by atoms with E-state index in [2.05, 4.69) is 10.5 Å². The van der Waals surface area contributed by atoms with E-state index in [9.17, 15) is 13.2 Å². The number of methoxy groups -OCH3 is 2. The molecule has 1 N–H and O–H groups in total. The molecule has 0 bridgehead atoms. The molecule has 196 valence electrons. The van der Waals surface area contributed by atoms with Crippen LogP contribution in [0, 0.1) is 20.8 Å². The molecular formula is C28H33N3O5S. The number of hydrogen-bond donors (Lipinski definition) is 1. The number of hydrazone groups is 1. The van der Waals surface area contributed by atoms with Crippen LogP contribution in [-0.2, 0) is 21.2 Å². The lowest BCUT2D eigenvalue weighted by Gasteiger charge is -2.24. The van der Waals surface area contributed by atoms with E-state index < -0.39 is 15.9 Å². The van der Waals surface area contributed by atoms with Gasteiger partial charge in [0.25, 0.3) is 5.91 Å². The maximum atomic E-state index is 13.8. The summed E-state index contributed by atoms with van der Waals surface area (Å²) < 4.78 is 39.4. The fourth-order valence-electron chi connectivity index (χ4n) is 4.27. The third-order valence-electron chi connectivity index (χ3n) is 5.84. The van der Waals surface area contributed by atoms with Crippen molar-refractivity contribution >= 4 is 22.1 Å². The first-order valence-corrected chi connectivity index (χ1v) is 13.3. The number of nitrogens with zero attached hydrogens (tertiary/aromatic N) is 2. The lowest BCUT2D eigenvalue weighted by atomic mass is 10.1. The number of nitrogens with one attached hydrogen (secondary N) is 1. The van der Waals surface area contributed by atoms with Crippen molar-refractivity contribution < 1.29 is 22.7 Å². The largest absolute Gasteiger partial charge is 0.493 e. The normalized spacial score (nSPS) is 11.6. The van der Waals surface area contributed by atoms with E-state index in [1.165, 1.54) is 24.7 Å². The number of benzene rings is 3. The summed E-state index contributed by atoms with van der Waals surface area (Å²) in [6.45, 7) is 5.23. The zero-order valence-electron chi connectivity index (χ0n) is 21.8. The Morgan fingerprint density at radius 1 is 0.973 bits per heavy atom. The van der Waals surface area contributed by atoms with E-state index in [1.807, 2.05) is 49.4 Å². The molecule has 0 radical (unpaired) electrons. The highest BCUT2D eigenvalue weighted by molar-refractivity contribution is 7.89. The van der Waals surface area contributed by atoms with Crippen molar-refractivity contribution in [2.24, 2.45) is 5.10 Å². The second-order valence-electron chi connectivity index (χ2n) is 8.68. The molecular weight excluding hydrogens is 490 g/mol. The zero-order chi connectivity index (χ0) is 27.0. The average Bonchev–Trinajstić information content (AvgIpc) is 2.86. The minimum absolute atomic E-state index is 0.139. The molecule has 8 nitrogen and oxygen atoms in total. The molecule has 3 aromatic carbocycles. The van der Waals surface area contributed by atoms with Gasteiger partial charge in [-0.1, -0.05) is 54.1 Å². The van der Waals surface area contributed by atoms with Gasteiger partial charge >= 0.3 is 0 Å². The first kappa shape index (κ1) is 27.9. The van der Waals surface area contributed by atoms with Gasteiger partial charge < -0.3 is 9.47 Å². The van der Waals surface area contributed by atoms with Crippen LogP contribution in [0.25, 0.3) is 0 Å². The third kappa shape index (κ3) is 6.96. The van der Waals surface area contributed by atoms with Crippen molar-refractivity contribution in [1.29, 1.82) is 0 Å². The summed E-state index contributed by atoms with van der Waals surface area (Å²) in [5, 5.41) is 4.02. The quantitative estimate of drug-likeness (QED) is 0.303. The minimum Gasteiger partial charge on any atom is -0.493 e. The van der Waals surface area contributed by atoms with E-state index in [0.29, 0.717) is 34.6 Å². The third-order valence-corrected chi connectivity index (χ3v) is 7.99. The molecule has 0 aromatic heterocycles. The van der Waals surface area contributed by atoms with Gasteiger partial charge in [0.05, 0.1) is 31.9 Å². The van der Waals surface area contributed by atoms with Crippen LogP contribution in [-0.4, -0.2) is 52.2 Å². The van der Waals surface area contributed by atoms with E-state index >= 15 is 0 Å². The number of hydrogen-bond acceptors (Lipinski definition) is 6. The fourth-order valence-corrected chi connectivity index (χ4v) is 6.08. The van der Waals surface area contributed by atoms with Crippen LogP contribution >= 0.6 is 0 Å². The molecule has 37 heavy (non-hydrogen) atoms. The van der Waals surface area contributed by atoms with Crippen molar-refractivity contribution in [3.63, 3.8) is 0 Å². The molecule has 0 aliphatic carbocycles. The highest BCUT2D eigenvalue weighted by atomic mass is 32.2. The Hall–Kier alpha value is -3.69. The van der Waals surface area contributed by atoms with E-state index in [4.69, 9.17) is 9.47 Å². The number of carbonyl (C=O) groups is 1. The molecule has 0 aliphatic heterocycles. The number of ether oxygens (including phenoxy) is 2. The Balaban J connectivity index is 1.83. The van der Waals surface area contributed by atoms with Crippen molar-refractivity contribution in [2.75, 3.05) is 27.3 Å². The number of rotatable bonds is 11. The van der Waals surface area contributed by atoms with Crippen LogP contribution in [0.5, 0.6) is 11.5 Å². The van der Waals surface area contributed by atoms with E-state index in [1.54, 1.807) is 32.0 Å². The van der Waals surface area contributed by atoms with Gasteiger partial charge in [0, 0.05) is 12.1 Å². The summed E-state index contributed by atoms with van der Waals surface area (Å²) in [5.74, 6) is 0.442. The first-order chi connectivity index (χ1) is 17.7. The molecule has 0 aliphatic rings.